The zero-order chi connectivity index (χ0) is 13.1. The number of thiazole rings is 1. The molecule has 0 aliphatic rings. The van der Waals surface area contributed by atoms with Crippen molar-refractivity contribution in [3.63, 3.8) is 0 Å². The number of alkyl halides is 3. The molecule has 0 bridgehead atoms. The van der Waals surface area contributed by atoms with Crippen molar-refractivity contribution in [3.8, 4) is 0 Å². The Morgan fingerprint density at radius 3 is 2.65 bits per heavy atom. The van der Waals surface area contributed by atoms with Gasteiger partial charge in [0.2, 0.25) is 0 Å². The summed E-state index contributed by atoms with van der Waals surface area (Å²) in [6.07, 6.45) is -4.41. The molecular formula is C9H11F3N2O2S. The highest BCUT2D eigenvalue weighted by atomic mass is 32.1. The molecule has 0 unspecified atom stereocenters. The third kappa shape index (κ3) is 5.14. The molecule has 1 rings (SSSR count). The summed E-state index contributed by atoms with van der Waals surface area (Å²) in [6, 6.07) is 0. The van der Waals surface area contributed by atoms with Gasteiger partial charge in [-0.15, -0.1) is 11.3 Å². The summed E-state index contributed by atoms with van der Waals surface area (Å²) in [6.45, 7) is -0.256. The highest BCUT2D eigenvalue weighted by Crippen LogP contribution is 2.20. The van der Waals surface area contributed by atoms with Crippen LogP contribution in [0.4, 0.5) is 13.2 Å². The number of carboxylic acids is 1. The lowest BCUT2D eigenvalue weighted by atomic mass is 10.3. The van der Waals surface area contributed by atoms with E-state index in [9.17, 15) is 18.0 Å². The van der Waals surface area contributed by atoms with Crippen LogP contribution in [-0.2, 0) is 11.3 Å². The first-order valence-electron chi connectivity index (χ1n) is 4.68. The fourth-order valence-corrected chi connectivity index (χ4v) is 2.11. The Bertz CT molecular complexity index is 392. The van der Waals surface area contributed by atoms with E-state index in [1.54, 1.807) is 6.92 Å². The molecule has 0 amide bonds. The third-order valence-corrected chi connectivity index (χ3v) is 2.89. The molecule has 0 aliphatic carbocycles. The second-order valence-electron chi connectivity index (χ2n) is 3.52. The van der Waals surface area contributed by atoms with E-state index >= 15 is 0 Å². The maximum absolute atomic E-state index is 12.2. The molecule has 4 nitrogen and oxygen atoms in total. The smallest absolute Gasteiger partial charge is 0.401 e. The number of halogens is 3. The van der Waals surface area contributed by atoms with Gasteiger partial charge in [0.15, 0.2) is 0 Å². The van der Waals surface area contributed by atoms with E-state index in [-0.39, 0.29) is 6.54 Å². The van der Waals surface area contributed by atoms with Crippen LogP contribution in [0.5, 0.6) is 0 Å². The number of rotatable bonds is 5. The van der Waals surface area contributed by atoms with Gasteiger partial charge < -0.3 is 5.11 Å². The lowest BCUT2D eigenvalue weighted by Gasteiger charge is -2.21. The molecule has 1 aromatic rings. The van der Waals surface area contributed by atoms with Gasteiger partial charge in [0.05, 0.1) is 24.3 Å². The third-order valence-electron chi connectivity index (χ3n) is 1.97. The van der Waals surface area contributed by atoms with Gasteiger partial charge in [0.1, 0.15) is 0 Å². The van der Waals surface area contributed by atoms with Gasteiger partial charge in [-0.1, -0.05) is 0 Å². The summed E-state index contributed by atoms with van der Waals surface area (Å²) >= 11 is 1.22. The lowest BCUT2D eigenvalue weighted by Crippen LogP contribution is -2.37. The Morgan fingerprint density at radius 2 is 2.24 bits per heavy atom. The van der Waals surface area contributed by atoms with Gasteiger partial charge in [-0.2, -0.15) is 13.2 Å². The number of carbonyl (C=O) groups is 1. The van der Waals surface area contributed by atoms with E-state index in [2.05, 4.69) is 4.98 Å². The van der Waals surface area contributed by atoms with Crippen molar-refractivity contribution >= 4 is 17.3 Å². The maximum Gasteiger partial charge on any atom is 0.401 e. The highest BCUT2D eigenvalue weighted by Gasteiger charge is 2.31. The van der Waals surface area contributed by atoms with E-state index < -0.39 is 25.2 Å². The van der Waals surface area contributed by atoms with Gasteiger partial charge in [0, 0.05) is 11.4 Å². The summed E-state index contributed by atoms with van der Waals surface area (Å²) in [5, 5.41) is 8.56. The van der Waals surface area contributed by atoms with Crippen molar-refractivity contribution in [1.29, 1.82) is 0 Å². The average molecular weight is 268 g/mol. The van der Waals surface area contributed by atoms with Crippen LogP contribution in [0.15, 0.2) is 5.51 Å². The number of nitrogens with zero attached hydrogens (tertiary/aromatic N) is 2. The Morgan fingerprint density at radius 1 is 1.59 bits per heavy atom. The van der Waals surface area contributed by atoms with Crippen molar-refractivity contribution in [1.82, 2.24) is 9.88 Å². The predicted octanol–water partition coefficient (Wildman–Crippen LogP) is 1.90. The van der Waals surface area contributed by atoms with Crippen LogP contribution < -0.4 is 0 Å². The minimum absolute atomic E-state index is 0.0533. The van der Waals surface area contributed by atoms with Gasteiger partial charge in [-0.3, -0.25) is 9.69 Å². The molecule has 0 aromatic carbocycles. The second-order valence-corrected chi connectivity index (χ2v) is 4.45. The van der Waals surface area contributed by atoms with Crippen LogP contribution in [-0.4, -0.2) is 40.2 Å². The number of aliphatic carboxylic acids is 1. The molecular weight excluding hydrogens is 257 g/mol. The van der Waals surface area contributed by atoms with Crippen molar-refractivity contribution in [2.75, 3.05) is 13.1 Å². The van der Waals surface area contributed by atoms with Crippen LogP contribution >= 0.6 is 11.3 Å². The fraction of sp³-hybridized carbons (Fsp3) is 0.556. The van der Waals surface area contributed by atoms with Gasteiger partial charge >= 0.3 is 12.1 Å². The van der Waals surface area contributed by atoms with E-state index in [4.69, 9.17) is 5.11 Å². The normalized spacial score (nSPS) is 12.1. The molecule has 0 spiro atoms. The summed E-state index contributed by atoms with van der Waals surface area (Å²) < 4.78 is 36.7. The standard InChI is InChI=1S/C9H11F3N2O2S/c1-6-7(17-5-13-6)2-14(3-8(15)16)4-9(10,11)12/h5H,2-4H2,1H3,(H,15,16). The summed E-state index contributed by atoms with van der Waals surface area (Å²) in [5.74, 6) is -1.28. The monoisotopic (exact) mass is 268 g/mol. The maximum atomic E-state index is 12.2. The molecule has 96 valence electrons. The predicted molar refractivity (Wildman–Crippen MR) is 55.8 cm³/mol. The zero-order valence-corrected chi connectivity index (χ0v) is 9.81. The van der Waals surface area contributed by atoms with E-state index in [1.165, 1.54) is 16.8 Å². The van der Waals surface area contributed by atoms with Crippen molar-refractivity contribution < 1.29 is 23.1 Å². The van der Waals surface area contributed by atoms with E-state index in [0.717, 1.165) is 4.90 Å². The van der Waals surface area contributed by atoms with E-state index in [0.29, 0.717) is 10.6 Å². The first-order valence-corrected chi connectivity index (χ1v) is 5.56. The summed E-state index contributed by atoms with van der Waals surface area (Å²) in [4.78, 5) is 15.9. The molecule has 0 saturated heterocycles. The molecule has 1 heterocycles. The quantitative estimate of drug-likeness (QED) is 0.886. The molecule has 0 atom stereocenters. The minimum Gasteiger partial charge on any atom is -0.480 e. The number of aromatic nitrogens is 1. The molecule has 8 heteroatoms. The molecule has 1 aromatic heterocycles. The summed E-state index contributed by atoms with van der Waals surface area (Å²) in [5.41, 5.74) is 2.16. The Kier molecular flexibility index (Phi) is 4.47. The minimum atomic E-state index is -4.41. The molecule has 0 saturated carbocycles. The number of carboxylic acid groups (broad SMARTS) is 1. The first kappa shape index (κ1) is 13.9. The topological polar surface area (TPSA) is 53.4 Å². The molecule has 1 N–H and O–H groups in total. The van der Waals surface area contributed by atoms with Crippen molar-refractivity contribution in [3.05, 3.63) is 16.1 Å². The van der Waals surface area contributed by atoms with Crippen molar-refractivity contribution in [2.45, 2.75) is 19.6 Å². The highest BCUT2D eigenvalue weighted by molar-refractivity contribution is 7.09. The first-order chi connectivity index (χ1) is 7.78. The van der Waals surface area contributed by atoms with E-state index in [1.807, 2.05) is 0 Å². The summed E-state index contributed by atoms with van der Waals surface area (Å²) in [7, 11) is 0. The molecule has 0 radical (unpaired) electrons. The van der Waals surface area contributed by atoms with Gasteiger partial charge in [-0.25, -0.2) is 4.98 Å². The van der Waals surface area contributed by atoms with Crippen LogP contribution in [0.3, 0.4) is 0 Å². The van der Waals surface area contributed by atoms with Crippen molar-refractivity contribution in [2.24, 2.45) is 0 Å². The van der Waals surface area contributed by atoms with Crippen LogP contribution in [0.1, 0.15) is 10.6 Å². The van der Waals surface area contributed by atoms with Gasteiger partial charge in [-0.05, 0) is 6.92 Å². The fourth-order valence-electron chi connectivity index (χ4n) is 1.29. The average Bonchev–Trinajstić information content (AvgIpc) is 2.47. The molecule has 0 fully saturated rings. The van der Waals surface area contributed by atoms with Crippen LogP contribution in [0, 0.1) is 6.92 Å². The Hall–Kier alpha value is -1.15. The SMILES string of the molecule is Cc1ncsc1CN(CC(=O)O)CC(F)(F)F. The largest absolute Gasteiger partial charge is 0.480 e. The molecule has 17 heavy (non-hydrogen) atoms. The number of hydrogen-bond acceptors (Lipinski definition) is 4. The number of aryl methyl sites for hydroxylation is 1. The lowest BCUT2D eigenvalue weighted by molar-refractivity contribution is -0.154. The Labute approximate surface area is 99.7 Å². The van der Waals surface area contributed by atoms with Crippen LogP contribution in [0.25, 0.3) is 0 Å². The molecule has 0 aliphatic heterocycles. The number of hydrogen-bond donors (Lipinski definition) is 1. The van der Waals surface area contributed by atoms with Crippen LogP contribution in [0.2, 0.25) is 0 Å². The van der Waals surface area contributed by atoms with Gasteiger partial charge in [0.25, 0.3) is 0 Å². The second kappa shape index (κ2) is 5.46. The zero-order valence-electron chi connectivity index (χ0n) is 8.99. The Balaban J connectivity index is 2.70.